The first-order valence-corrected chi connectivity index (χ1v) is 7.71. The second kappa shape index (κ2) is 6.31. The zero-order chi connectivity index (χ0) is 13.8. The topological polar surface area (TPSA) is 63.4 Å². The lowest BCUT2D eigenvalue weighted by atomic mass is 10.1. The monoisotopic (exact) mass is 270 g/mol. The molecule has 2 N–H and O–H groups in total. The van der Waals surface area contributed by atoms with Crippen molar-refractivity contribution in [1.82, 2.24) is 4.31 Å². The van der Waals surface area contributed by atoms with Crippen LogP contribution in [0.3, 0.4) is 0 Å². The minimum absolute atomic E-state index is 0.337. The maximum atomic E-state index is 12.4. The van der Waals surface area contributed by atoms with Crippen molar-refractivity contribution >= 4 is 10.0 Å². The minimum atomic E-state index is -3.38. The van der Waals surface area contributed by atoms with Crippen LogP contribution in [0.25, 0.3) is 0 Å². The maximum Gasteiger partial charge on any atom is 0.243 e. The third kappa shape index (κ3) is 3.10. The highest BCUT2D eigenvalue weighted by molar-refractivity contribution is 7.89. The Hall–Kier alpha value is -0.910. The van der Waals surface area contributed by atoms with E-state index in [2.05, 4.69) is 0 Å². The lowest BCUT2D eigenvalue weighted by Crippen LogP contribution is -2.31. The predicted octanol–water partition coefficient (Wildman–Crippen LogP) is 1.87. The molecule has 0 aromatic heterocycles. The van der Waals surface area contributed by atoms with Crippen LogP contribution in [0.4, 0.5) is 0 Å². The van der Waals surface area contributed by atoms with E-state index in [0.717, 1.165) is 17.5 Å². The number of sulfonamides is 1. The Balaban J connectivity index is 3.19. The van der Waals surface area contributed by atoms with Gasteiger partial charge in [0.25, 0.3) is 0 Å². The average Bonchev–Trinajstić information content (AvgIpc) is 2.35. The highest BCUT2D eigenvalue weighted by atomic mass is 32.2. The van der Waals surface area contributed by atoms with Crippen molar-refractivity contribution in [3.8, 4) is 0 Å². The van der Waals surface area contributed by atoms with Gasteiger partial charge in [-0.15, -0.1) is 0 Å². The van der Waals surface area contributed by atoms with Gasteiger partial charge in [-0.3, -0.25) is 0 Å². The normalized spacial score (nSPS) is 12.1. The van der Waals surface area contributed by atoms with Crippen LogP contribution in [0.1, 0.15) is 31.4 Å². The molecular weight excluding hydrogens is 248 g/mol. The molecule has 0 saturated heterocycles. The van der Waals surface area contributed by atoms with Crippen LogP contribution >= 0.6 is 0 Å². The Kier molecular flexibility index (Phi) is 5.31. The van der Waals surface area contributed by atoms with Crippen LogP contribution in [-0.4, -0.2) is 25.8 Å². The molecule has 18 heavy (non-hydrogen) atoms. The van der Waals surface area contributed by atoms with Gasteiger partial charge in [0.2, 0.25) is 10.0 Å². The maximum absolute atomic E-state index is 12.4. The fraction of sp³-hybridized carbons (Fsp3) is 0.538. The number of nitrogens with two attached hydrogens (primary N) is 1. The first kappa shape index (κ1) is 15.1. The summed E-state index contributed by atoms with van der Waals surface area (Å²) < 4.78 is 26.3. The van der Waals surface area contributed by atoms with E-state index >= 15 is 0 Å². The summed E-state index contributed by atoms with van der Waals surface area (Å²) in [6, 6.07) is 5.15. The smallest absolute Gasteiger partial charge is 0.243 e. The SMILES string of the molecule is CCCN(CC)S(=O)(=O)c1ccc(C)c(CN)c1. The first-order chi connectivity index (χ1) is 8.47. The minimum Gasteiger partial charge on any atom is -0.326 e. The quantitative estimate of drug-likeness (QED) is 0.858. The van der Waals surface area contributed by atoms with Crippen LogP contribution in [0, 0.1) is 6.92 Å². The average molecular weight is 270 g/mol. The van der Waals surface area contributed by atoms with Gasteiger partial charge < -0.3 is 5.73 Å². The van der Waals surface area contributed by atoms with E-state index in [-0.39, 0.29) is 0 Å². The second-order valence-corrected chi connectivity index (χ2v) is 6.23. The fourth-order valence-corrected chi connectivity index (χ4v) is 3.47. The molecule has 0 radical (unpaired) electrons. The molecule has 5 heteroatoms. The van der Waals surface area contributed by atoms with Gasteiger partial charge in [-0.05, 0) is 36.6 Å². The molecule has 1 rings (SSSR count). The van der Waals surface area contributed by atoms with Crippen LogP contribution in [0.2, 0.25) is 0 Å². The standard InChI is InChI=1S/C13H22N2O2S/c1-4-8-15(5-2)18(16,17)13-7-6-11(3)12(9-13)10-14/h6-7,9H,4-5,8,10,14H2,1-3H3. The van der Waals surface area contributed by atoms with E-state index in [1.54, 1.807) is 12.1 Å². The second-order valence-electron chi connectivity index (χ2n) is 4.29. The fourth-order valence-electron chi connectivity index (χ4n) is 1.87. The van der Waals surface area contributed by atoms with Crippen molar-refractivity contribution in [3.63, 3.8) is 0 Å². The number of rotatable bonds is 6. The summed E-state index contributed by atoms with van der Waals surface area (Å²) in [7, 11) is -3.38. The molecule has 0 fully saturated rings. The zero-order valence-corrected chi connectivity index (χ0v) is 12.1. The molecule has 0 atom stereocenters. The van der Waals surface area contributed by atoms with Crippen LogP contribution in [-0.2, 0) is 16.6 Å². The van der Waals surface area contributed by atoms with Crippen LogP contribution in [0.5, 0.6) is 0 Å². The Morgan fingerprint density at radius 1 is 1.28 bits per heavy atom. The molecular formula is C13H22N2O2S. The number of hydrogen-bond donors (Lipinski definition) is 1. The van der Waals surface area contributed by atoms with Gasteiger partial charge in [0.05, 0.1) is 4.90 Å². The highest BCUT2D eigenvalue weighted by Crippen LogP contribution is 2.19. The van der Waals surface area contributed by atoms with Crippen molar-refractivity contribution in [3.05, 3.63) is 29.3 Å². The Morgan fingerprint density at radius 2 is 1.94 bits per heavy atom. The summed E-state index contributed by atoms with van der Waals surface area (Å²) in [6.45, 7) is 7.15. The first-order valence-electron chi connectivity index (χ1n) is 6.27. The molecule has 102 valence electrons. The zero-order valence-electron chi connectivity index (χ0n) is 11.3. The third-order valence-corrected chi connectivity index (χ3v) is 4.97. The van der Waals surface area contributed by atoms with E-state index in [0.29, 0.717) is 24.5 Å². The molecule has 1 aromatic carbocycles. The Bertz CT molecular complexity index is 498. The van der Waals surface area contributed by atoms with Gasteiger partial charge in [0.1, 0.15) is 0 Å². The molecule has 0 aliphatic carbocycles. The molecule has 0 aliphatic heterocycles. The molecule has 0 unspecified atom stereocenters. The van der Waals surface area contributed by atoms with Crippen molar-refractivity contribution in [2.45, 2.75) is 38.6 Å². The third-order valence-electron chi connectivity index (χ3n) is 3.00. The Labute approximate surface area is 110 Å². The van der Waals surface area contributed by atoms with Crippen molar-refractivity contribution in [1.29, 1.82) is 0 Å². The van der Waals surface area contributed by atoms with E-state index in [1.165, 1.54) is 4.31 Å². The van der Waals surface area contributed by atoms with Crippen molar-refractivity contribution in [2.24, 2.45) is 5.73 Å². The van der Waals surface area contributed by atoms with E-state index < -0.39 is 10.0 Å². The number of benzene rings is 1. The number of aryl methyl sites for hydroxylation is 1. The molecule has 1 aromatic rings. The van der Waals surface area contributed by atoms with Crippen molar-refractivity contribution in [2.75, 3.05) is 13.1 Å². The molecule has 0 spiro atoms. The van der Waals surface area contributed by atoms with E-state index in [4.69, 9.17) is 5.73 Å². The van der Waals surface area contributed by atoms with Gasteiger partial charge in [-0.25, -0.2) is 8.42 Å². The molecule has 0 saturated carbocycles. The van der Waals surface area contributed by atoms with Crippen LogP contribution < -0.4 is 5.73 Å². The molecule has 4 nitrogen and oxygen atoms in total. The van der Waals surface area contributed by atoms with Gasteiger partial charge in [0.15, 0.2) is 0 Å². The molecule has 0 heterocycles. The van der Waals surface area contributed by atoms with E-state index in [9.17, 15) is 8.42 Å². The summed E-state index contributed by atoms with van der Waals surface area (Å²) in [6.07, 6.45) is 0.808. The van der Waals surface area contributed by atoms with Gasteiger partial charge in [-0.1, -0.05) is 19.9 Å². The lowest BCUT2D eigenvalue weighted by molar-refractivity contribution is 0.427. The van der Waals surface area contributed by atoms with Gasteiger partial charge >= 0.3 is 0 Å². The van der Waals surface area contributed by atoms with Crippen LogP contribution in [0.15, 0.2) is 23.1 Å². The number of hydrogen-bond acceptors (Lipinski definition) is 3. The summed E-state index contributed by atoms with van der Waals surface area (Å²) >= 11 is 0. The predicted molar refractivity (Wildman–Crippen MR) is 73.8 cm³/mol. The Morgan fingerprint density at radius 3 is 2.44 bits per heavy atom. The van der Waals surface area contributed by atoms with Crippen molar-refractivity contribution < 1.29 is 8.42 Å². The van der Waals surface area contributed by atoms with E-state index in [1.807, 2.05) is 26.8 Å². The number of nitrogens with zero attached hydrogens (tertiary/aromatic N) is 1. The highest BCUT2D eigenvalue weighted by Gasteiger charge is 2.22. The molecule has 0 bridgehead atoms. The summed E-state index contributed by atoms with van der Waals surface area (Å²) in [5, 5.41) is 0. The summed E-state index contributed by atoms with van der Waals surface area (Å²) in [5.41, 5.74) is 7.52. The molecule has 0 amide bonds. The molecule has 0 aliphatic rings. The summed E-state index contributed by atoms with van der Waals surface area (Å²) in [4.78, 5) is 0.337. The lowest BCUT2D eigenvalue weighted by Gasteiger charge is -2.20. The van der Waals surface area contributed by atoms with Gasteiger partial charge in [-0.2, -0.15) is 4.31 Å². The largest absolute Gasteiger partial charge is 0.326 e. The van der Waals surface area contributed by atoms with Gasteiger partial charge in [0, 0.05) is 19.6 Å². The summed E-state index contributed by atoms with van der Waals surface area (Å²) in [5.74, 6) is 0.